The van der Waals surface area contributed by atoms with E-state index in [1.54, 1.807) is 13.8 Å². The van der Waals surface area contributed by atoms with E-state index in [-0.39, 0.29) is 11.5 Å². The van der Waals surface area contributed by atoms with Gasteiger partial charge in [0, 0.05) is 16.2 Å². The molecule has 0 aromatic heterocycles. The summed E-state index contributed by atoms with van der Waals surface area (Å²) in [5.74, 6) is -0.692. The van der Waals surface area contributed by atoms with Crippen LogP contribution in [0, 0.1) is 0 Å². The minimum absolute atomic E-state index is 0.0823. The molecule has 5 nitrogen and oxygen atoms in total. The first-order valence-corrected chi connectivity index (χ1v) is 7.91. The topological polar surface area (TPSA) is 69.7 Å². The van der Waals surface area contributed by atoms with Crippen molar-refractivity contribution in [3.63, 3.8) is 0 Å². The summed E-state index contributed by atoms with van der Waals surface area (Å²) in [4.78, 5) is 11.6. The second kappa shape index (κ2) is 6.25. The highest BCUT2D eigenvalue weighted by atomic mass is 35.7. The fourth-order valence-electron chi connectivity index (χ4n) is 1.60. The third-order valence-corrected chi connectivity index (χ3v) is 3.94. The molecule has 1 aromatic rings. The Morgan fingerprint density at radius 2 is 2.05 bits per heavy atom. The first-order chi connectivity index (χ1) is 8.81. The molecule has 0 saturated heterocycles. The predicted octanol–water partition coefficient (Wildman–Crippen LogP) is 2.29. The van der Waals surface area contributed by atoms with Gasteiger partial charge in [0.05, 0.1) is 24.5 Å². The van der Waals surface area contributed by atoms with Gasteiger partial charge in [-0.2, -0.15) is 0 Å². The van der Waals surface area contributed by atoms with Crippen molar-refractivity contribution in [3.8, 4) is 5.75 Å². The van der Waals surface area contributed by atoms with Gasteiger partial charge in [0.15, 0.2) is 0 Å². The van der Waals surface area contributed by atoms with Crippen molar-refractivity contribution < 1.29 is 22.7 Å². The first kappa shape index (κ1) is 15.8. The van der Waals surface area contributed by atoms with Crippen LogP contribution in [0.1, 0.15) is 25.3 Å². The monoisotopic (exact) mass is 306 g/mol. The number of rotatable bonds is 5. The van der Waals surface area contributed by atoms with E-state index in [0.29, 0.717) is 11.3 Å². The lowest BCUT2D eigenvalue weighted by Crippen LogP contribution is -2.14. The molecule has 0 aliphatic rings. The molecule has 19 heavy (non-hydrogen) atoms. The maximum atomic E-state index is 11.7. The van der Waals surface area contributed by atoms with Gasteiger partial charge in [-0.05, 0) is 32.0 Å². The van der Waals surface area contributed by atoms with Gasteiger partial charge in [0.25, 0.3) is 9.05 Å². The highest BCUT2D eigenvalue weighted by molar-refractivity contribution is 8.13. The van der Waals surface area contributed by atoms with Gasteiger partial charge in [-0.1, -0.05) is 0 Å². The highest BCUT2D eigenvalue weighted by Crippen LogP contribution is 2.31. The number of methoxy groups -OCH3 is 1. The van der Waals surface area contributed by atoms with Crippen molar-refractivity contribution in [2.75, 3.05) is 13.7 Å². The van der Waals surface area contributed by atoms with Crippen molar-refractivity contribution in [3.05, 3.63) is 23.8 Å². The zero-order valence-electron chi connectivity index (χ0n) is 10.8. The lowest BCUT2D eigenvalue weighted by Gasteiger charge is -2.15. The molecule has 0 bridgehead atoms. The molecule has 0 N–H and O–H groups in total. The third-order valence-electron chi connectivity index (χ3n) is 2.59. The number of hydrogen-bond acceptors (Lipinski definition) is 5. The number of carbonyl (C=O) groups is 1. The predicted molar refractivity (Wildman–Crippen MR) is 71.1 cm³/mol. The van der Waals surface area contributed by atoms with Crippen molar-refractivity contribution in [2.45, 2.75) is 24.7 Å². The summed E-state index contributed by atoms with van der Waals surface area (Å²) in [6.45, 7) is 3.56. The number of benzene rings is 1. The minimum atomic E-state index is -3.86. The largest absolute Gasteiger partial charge is 0.496 e. The Bertz CT molecular complexity index is 567. The van der Waals surface area contributed by atoms with Crippen molar-refractivity contribution >= 4 is 25.7 Å². The second-order valence-electron chi connectivity index (χ2n) is 3.82. The Labute approximate surface area is 116 Å². The molecule has 1 unspecified atom stereocenters. The van der Waals surface area contributed by atoms with Crippen LogP contribution in [-0.2, 0) is 18.6 Å². The van der Waals surface area contributed by atoms with Crippen LogP contribution in [0.3, 0.4) is 0 Å². The number of esters is 1. The van der Waals surface area contributed by atoms with Crippen LogP contribution in [-0.4, -0.2) is 28.1 Å². The molecule has 7 heteroatoms. The molecule has 0 saturated carbocycles. The van der Waals surface area contributed by atoms with Gasteiger partial charge in [-0.25, -0.2) is 8.42 Å². The maximum Gasteiger partial charge on any atom is 0.313 e. The number of ether oxygens (including phenoxy) is 2. The van der Waals surface area contributed by atoms with E-state index in [1.807, 2.05) is 0 Å². The molecule has 1 aromatic carbocycles. The average Bonchev–Trinajstić information content (AvgIpc) is 2.36. The van der Waals surface area contributed by atoms with Crippen LogP contribution in [0.5, 0.6) is 5.75 Å². The minimum Gasteiger partial charge on any atom is -0.496 e. The van der Waals surface area contributed by atoms with Crippen molar-refractivity contribution in [1.29, 1.82) is 0 Å². The smallest absolute Gasteiger partial charge is 0.313 e. The summed E-state index contributed by atoms with van der Waals surface area (Å²) in [6.07, 6.45) is 0. The quantitative estimate of drug-likeness (QED) is 0.616. The molecule has 0 heterocycles. The van der Waals surface area contributed by atoms with Crippen molar-refractivity contribution in [2.24, 2.45) is 0 Å². The maximum absolute atomic E-state index is 11.7. The zero-order chi connectivity index (χ0) is 14.6. The van der Waals surface area contributed by atoms with E-state index in [0.717, 1.165) is 0 Å². The molecule has 1 atom stereocenters. The van der Waals surface area contributed by atoms with Gasteiger partial charge in [0.2, 0.25) is 0 Å². The molecular weight excluding hydrogens is 292 g/mol. The molecule has 0 spiro atoms. The Morgan fingerprint density at radius 1 is 1.42 bits per heavy atom. The van der Waals surface area contributed by atoms with E-state index in [2.05, 4.69) is 0 Å². The summed E-state index contributed by atoms with van der Waals surface area (Å²) < 4.78 is 32.6. The Kier molecular flexibility index (Phi) is 5.20. The fraction of sp³-hybridized carbons (Fsp3) is 0.417. The van der Waals surface area contributed by atoms with Gasteiger partial charge in [-0.3, -0.25) is 4.79 Å². The molecule has 0 aliphatic heterocycles. The van der Waals surface area contributed by atoms with Gasteiger partial charge < -0.3 is 9.47 Å². The van der Waals surface area contributed by atoms with Gasteiger partial charge in [0.1, 0.15) is 5.75 Å². The van der Waals surface area contributed by atoms with Crippen LogP contribution >= 0.6 is 10.7 Å². The molecule has 0 amide bonds. The Hall–Kier alpha value is -1.27. The van der Waals surface area contributed by atoms with Crippen LogP contribution in [0.4, 0.5) is 0 Å². The third kappa shape index (κ3) is 3.84. The average molecular weight is 307 g/mol. The number of hydrogen-bond donors (Lipinski definition) is 0. The number of carbonyl (C=O) groups excluding carboxylic acids is 1. The van der Waals surface area contributed by atoms with Gasteiger partial charge in [-0.15, -0.1) is 0 Å². The fourth-order valence-corrected chi connectivity index (χ4v) is 2.38. The second-order valence-corrected chi connectivity index (χ2v) is 6.38. The van der Waals surface area contributed by atoms with Crippen LogP contribution < -0.4 is 4.74 Å². The molecule has 106 valence electrons. The summed E-state index contributed by atoms with van der Waals surface area (Å²) in [5, 5.41) is 0. The van der Waals surface area contributed by atoms with E-state index < -0.39 is 20.9 Å². The summed E-state index contributed by atoms with van der Waals surface area (Å²) in [6, 6.07) is 4.10. The summed E-state index contributed by atoms with van der Waals surface area (Å²) in [7, 11) is 2.87. The lowest BCUT2D eigenvalue weighted by molar-refractivity contribution is -0.144. The molecule has 0 radical (unpaired) electrons. The lowest BCUT2D eigenvalue weighted by atomic mass is 10.0. The SMILES string of the molecule is CCOC(=O)C(C)c1cc(S(=O)(=O)Cl)ccc1OC. The van der Waals surface area contributed by atoms with E-state index in [9.17, 15) is 13.2 Å². The standard InChI is InChI=1S/C12H15ClO5S/c1-4-18-12(14)8(2)10-7-9(19(13,15)16)5-6-11(10)17-3/h5-8H,4H2,1-3H3. The molecule has 0 aliphatic carbocycles. The first-order valence-electron chi connectivity index (χ1n) is 5.60. The summed E-state index contributed by atoms with van der Waals surface area (Å²) in [5.41, 5.74) is 0.419. The Balaban J connectivity index is 3.27. The van der Waals surface area contributed by atoms with E-state index >= 15 is 0 Å². The van der Waals surface area contributed by atoms with Crippen LogP contribution in [0.15, 0.2) is 23.1 Å². The van der Waals surface area contributed by atoms with Crippen molar-refractivity contribution in [1.82, 2.24) is 0 Å². The number of halogens is 1. The van der Waals surface area contributed by atoms with Gasteiger partial charge >= 0.3 is 5.97 Å². The molecule has 1 rings (SSSR count). The highest BCUT2D eigenvalue weighted by Gasteiger charge is 2.23. The molecule has 0 fully saturated rings. The van der Waals surface area contributed by atoms with E-state index in [1.165, 1.54) is 25.3 Å². The van der Waals surface area contributed by atoms with E-state index in [4.69, 9.17) is 20.2 Å². The Morgan fingerprint density at radius 3 is 2.53 bits per heavy atom. The summed E-state index contributed by atoms with van der Waals surface area (Å²) >= 11 is 0. The molecular formula is C12H15ClO5S. The van der Waals surface area contributed by atoms with Crippen LogP contribution in [0.25, 0.3) is 0 Å². The zero-order valence-corrected chi connectivity index (χ0v) is 12.4. The van der Waals surface area contributed by atoms with Crippen LogP contribution in [0.2, 0.25) is 0 Å². The normalized spacial score (nSPS) is 12.8.